The van der Waals surface area contributed by atoms with E-state index >= 15 is 0 Å². The Morgan fingerprint density at radius 3 is 2.47 bits per heavy atom. The van der Waals surface area contributed by atoms with Crippen molar-refractivity contribution in [3.05, 3.63) is 35.1 Å². The second-order valence-corrected chi connectivity index (χ2v) is 5.03. The number of aliphatic hydroxyl groups excluding tert-OH is 1. The number of hydrogen-bond acceptors (Lipinski definition) is 2. The Kier molecular flexibility index (Phi) is 4.28. The first-order chi connectivity index (χ1) is 7.82. The molecule has 0 heterocycles. The average molecular weight is 239 g/mol. The van der Waals surface area contributed by atoms with Crippen molar-refractivity contribution in [1.29, 1.82) is 0 Å². The largest absolute Gasteiger partial charge is 0.386 e. The normalized spacial score (nSPS) is 16.9. The molecule has 1 aromatic rings. The molecule has 1 rings (SSSR count). The molecule has 17 heavy (non-hydrogen) atoms. The minimum atomic E-state index is -0.831. The monoisotopic (exact) mass is 239 g/mol. The first-order valence-corrected chi connectivity index (χ1v) is 5.94. The Balaban J connectivity index is 3.18. The molecule has 2 unspecified atom stereocenters. The molecule has 96 valence electrons. The Hall–Kier alpha value is -0.930. The van der Waals surface area contributed by atoms with E-state index in [2.05, 4.69) is 0 Å². The van der Waals surface area contributed by atoms with Crippen molar-refractivity contribution in [3.63, 3.8) is 0 Å². The van der Waals surface area contributed by atoms with Crippen molar-refractivity contribution in [2.45, 2.75) is 38.8 Å². The molecule has 0 aliphatic heterocycles. The van der Waals surface area contributed by atoms with E-state index in [1.165, 1.54) is 6.07 Å². The van der Waals surface area contributed by atoms with Crippen molar-refractivity contribution in [2.75, 3.05) is 14.1 Å². The number of rotatable bonds is 4. The van der Waals surface area contributed by atoms with Gasteiger partial charge in [0.05, 0.1) is 6.10 Å². The Morgan fingerprint density at radius 2 is 2.00 bits per heavy atom. The van der Waals surface area contributed by atoms with Crippen LogP contribution in [0.4, 0.5) is 4.39 Å². The molecule has 0 amide bonds. The van der Waals surface area contributed by atoms with Gasteiger partial charge in [-0.2, -0.15) is 0 Å². The summed E-state index contributed by atoms with van der Waals surface area (Å²) in [6, 6.07) is 4.85. The zero-order valence-electron chi connectivity index (χ0n) is 11.3. The number of aryl methyl sites for hydroxylation is 1. The predicted octanol–water partition coefficient (Wildman–Crippen LogP) is 2.90. The Morgan fingerprint density at radius 1 is 1.41 bits per heavy atom. The minimum Gasteiger partial charge on any atom is -0.386 e. The summed E-state index contributed by atoms with van der Waals surface area (Å²) in [5.41, 5.74) is 0.870. The lowest BCUT2D eigenvalue weighted by Crippen LogP contribution is -2.46. The second kappa shape index (κ2) is 5.15. The maximum absolute atomic E-state index is 13.8. The summed E-state index contributed by atoms with van der Waals surface area (Å²) in [5, 5.41) is 10.4. The zero-order chi connectivity index (χ0) is 13.2. The molecule has 0 saturated carbocycles. The molecule has 0 aliphatic rings. The third kappa shape index (κ3) is 2.67. The van der Waals surface area contributed by atoms with Crippen molar-refractivity contribution in [2.24, 2.45) is 0 Å². The van der Waals surface area contributed by atoms with Gasteiger partial charge in [-0.3, -0.25) is 0 Å². The van der Waals surface area contributed by atoms with Crippen LogP contribution in [0.15, 0.2) is 18.2 Å². The number of nitrogens with zero attached hydrogens (tertiary/aromatic N) is 1. The highest BCUT2D eigenvalue weighted by Crippen LogP contribution is 2.34. The highest BCUT2D eigenvalue weighted by atomic mass is 19.1. The lowest BCUT2D eigenvalue weighted by Gasteiger charge is -2.40. The van der Waals surface area contributed by atoms with E-state index < -0.39 is 11.6 Å². The fourth-order valence-corrected chi connectivity index (χ4v) is 1.96. The van der Waals surface area contributed by atoms with Crippen LogP contribution in [-0.4, -0.2) is 29.6 Å². The van der Waals surface area contributed by atoms with E-state index in [0.29, 0.717) is 5.56 Å². The maximum Gasteiger partial charge on any atom is 0.129 e. The average Bonchev–Trinajstić information content (AvgIpc) is 2.30. The topological polar surface area (TPSA) is 23.5 Å². The molecular weight excluding hydrogens is 217 g/mol. The van der Waals surface area contributed by atoms with Crippen molar-refractivity contribution >= 4 is 0 Å². The molecule has 1 N–H and O–H groups in total. The summed E-state index contributed by atoms with van der Waals surface area (Å²) in [7, 11) is 3.81. The fraction of sp³-hybridized carbons (Fsp3) is 0.571. The lowest BCUT2D eigenvalue weighted by molar-refractivity contribution is -0.00120. The fourth-order valence-electron chi connectivity index (χ4n) is 1.96. The molecule has 0 aliphatic carbocycles. The van der Waals surface area contributed by atoms with Gasteiger partial charge in [-0.1, -0.05) is 24.6 Å². The van der Waals surface area contributed by atoms with Crippen LogP contribution in [0.5, 0.6) is 0 Å². The molecule has 2 nitrogen and oxygen atoms in total. The summed E-state index contributed by atoms with van der Waals surface area (Å²) in [6.45, 7) is 5.84. The van der Waals surface area contributed by atoms with Crippen LogP contribution in [0, 0.1) is 12.7 Å². The molecule has 0 spiro atoms. The number of likely N-dealkylation sites (N-methyl/N-ethyl adjacent to an activating group) is 1. The first-order valence-electron chi connectivity index (χ1n) is 5.94. The summed E-state index contributed by atoms with van der Waals surface area (Å²) >= 11 is 0. The van der Waals surface area contributed by atoms with Crippen molar-refractivity contribution in [1.82, 2.24) is 4.90 Å². The van der Waals surface area contributed by atoms with Crippen LogP contribution in [-0.2, 0) is 0 Å². The maximum atomic E-state index is 13.8. The molecular formula is C14H22FNO. The highest BCUT2D eigenvalue weighted by molar-refractivity contribution is 5.28. The van der Waals surface area contributed by atoms with E-state index in [1.807, 2.05) is 39.8 Å². The third-order valence-electron chi connectivity index (χ3n) is 3.77. The first kappa shape index (κ1) is 14.1. The van der Waals surface area contributed by atoms with E-state index in [-0.39, 0.29) is 5.82 Å². The van der Waals surface area contributed by atoms with Crippen LogP contribution in [0.25, 0.3) is 0 Å². The van der Waals surface area contributed by atoms with Gasteiger partial charge in [-0.25, -0.2) is 4.39 Å². The van der Waals surface area contributed by atoms with Crippen LogP contribution in [0.1, 0.15) is 37.5 Å². The third-order valence-corrected chi connectivity index (χ3v) is 3.77. The molecule has 0 saturated heterocycles. The van der Waals surface area contributed by atoms with E-state index in [1.54, 1.807) is 12.1 Å². The summed E-state index contributed by atoms with van der Waals surface area (Å²) in [4.78, 5) is 1.94. The van der Waals surface area contributed by atoms with E-state index in [0.717, 1.165) is 12.0 Å². The van der Waals surface area contributed by atoms with Crippen LogP contribution < -0.4 is 0 Å². The molecule has 1 aromatic carbocycles. The highest BCUT2D eigenvalue weighted by Gasteiger charge is 2.35. The smallest absolute Gasteiger partial charge is 0.129 e. The predicted molar refractivity (Wildman–Crippen MR) is 68.5 cm³/mol. The van der Waals surface area contributed by atoms with Gasteiger partial charge in [-0.05, 0) is 40.4 Å². The Bertz CT molecular complexity index is 392. The second-order valence-electron chi connectivity index (χ2n) is 5.03. The summed E-state index contributed by atoms with van der Waals surface area (Å²) in [6.07, 6.45) is -0.0865. The van der Waals surface area contributed by atoms with Gasteiger partial charge in [0.2, 0.25) is 0 Å². The molecule has 3 heteroatoms. The van der Waals surface area contributed by atoms with Crippen molar-refractivity contribution in [3.8, 4) is 0 Å². The number of hydrogen-bond donors (Lipinski definition) is 1. The van der Waals surface area contributed by atoms with Gasteiger partial charge in [0, 0.05) is 11.1 Å². The van der Waals surface area contributed by atoms with Gasteiger partial charge in [0.15, 0.2) is 0 Å². The van der Waals surface area contributed by atoms with Gasteiger partial charge < -0.3 is 10.0 Å². The SMILES string of the molecule is CCC(C)(C(O)c1cc(C)ccc1F)N(C)C. The minimum absolute atomic E-state index is 0.343. The zero-order valence-corrected chi connectivity index (χ0v) is 11.3. The van der Waals surface area contributed by atoms with Crippen LogP contribution in [0.3, 0.4) is 0 Å². The summed E-state index contributed by atoms with van der Waals surface area (Å²) < 4.78 is 13.8. The van der Waals surface area contributed by atoms with Gasteiger partial charge >= 0.3 is 0 Å². The van der Waals surface area contributed by atoms with E-state index in [4.69, 9.17) is 0 Å². The quantitative estimate of drug-likeness (QED) is 0.873. The number of halogens is 1. The molecule has 0 bridgehead atoms. The van der Waals surface area contributed by atoms with Gasteiger partial charge in [-0.15, -0.1) is 0 Å². The van der Waals surface area contributed by atoms with Gasteiger partial charge in [0.1, 0.15) is 5.82 Å². The Labute approximate surface area is 103 Å². The summed E-state index contributed by atoms with van der Waals surface area (Å²) in [5.74, 6) is -0.343. The molecule has 0 aromatic heterocycles. The van der Waals surface area contributed by atoms with Crippen molar-refractivity contribution < 1.29 is 9.50 Å². The van der Waals surface area contributed by atoms with Gasteiger partial charge in [0.25, 0.3) is 0 Å². The van der Waals surface area contributed by atoms with Crippen LogP contribution >= 0.6 is 0 Å². The lowest BCUT2D eigenvalue weighted by atomic mass is 9.85. The number of benzene rings is 1. The molecule has 0 radical (unpaired) electrons. The molecule has 2 atom stereocenters. The standard InChI is InChI=1S/C14H22FNO/c1-6-14(3,16(4)5)13(17)11-9-10(2)7-8-12(11)15/h7-9,13,17H,6H2,1-5H3. The molecule has 0 fully saturated rings. The number of aliphatic hydroxyl groups is 1. The van der Waals surface area contributed by atoms with E-state index in [9.17, 15) is 9.50 Å². The van der Waals surface area contributed by atoms with Crippen LogP contribution in [0.2, 0.25) is 0 Å².